The van der Waals surface area contributed by atoms with E-state index < -0.39 is 34.6 Å². The normalized spacial score (nSPS) is 13.0. The van der Waals surface area contributed by atoms with Crippen LogP contribution in [-0.4, -0.2) is 23.2 Å². The van der Waals surface area contributed by atoms with Crippen molar-refractivity contribution in [1.82, 2.24) is 0 Å². The number of halogens is 4. The highest BCUT2D eigenvalue weighted by molar-refractivity contribution is 5.97. The summed E-state index contributed by atoms with van der Waals surface area (Å²) >= 11 is 0. The second kappa shape index (κ2) is 9.30. The van der Waals surface area contributed by atoms with Gasteiger partial charge in [0.25, 0.3) is 5.91 Å². The van der Waals surface area contributed by atoms with E-state index in [1.807, 2.05) is 0 Å². The molecule has 0 radical (unpaired) electrons. The number of alkyl halides is 3. The second-order valence-electron chi connectivity index (χ2n) is 7.50. The van der Waals surface area contributed by atoms with E-state index in [2.05, 4.69) is 5.32 Å². The van der Waals surface area contributed by atoms with Crippen LogP contribution in [0.3, 0.4) is 0 Å². The number of nitriles is 1. The molecule has 0 spiro atoms. The Kier molecular flexibility index (Phi) is 6.70. The molecule has 3 rings (SSSR count). The van der Waals surface area contributed by atoms with Crippen molar-refractivity contribution in [2.45, 2.75) is 18.7 Å². The predicted molar refractivity (Wildman–Crippen MR) is 115 cm³/mol. The zero-order chi connectivity index (χ0) is 24.2. The molecule has 0 unspecified atom stereocenters. The van der Waals surface area contributed by atoms with Crippen LogP contribution >= 0.6 is 0 Å². The van der Waals surface area contributed by atoms with Crippen LogP contribution in [0.25, 0.3) is 0 Å². The third kappa shape index (κ3) is 5.67. The Bertz CT molecular complexity index is 1170. The number of anilines is 3. The first-order valence-corrected chi connectivity index (χ1v) is 9.74. The maximum Gasteiger partial charge on any atom is 0.417 e. The lowest BCUT2D eigenvalue weighted by Gasteiger charge is -2.32. The Morgan fingerprint density at radius 2 is 1.64 bits per heavy atom. The summed E-state index contributed by atoms with van der Waals surface area (Å²) in [4.78, 5) is 14.4. The number of rotatable bonds is 6. The molecule has 5 nitrogen and oxygen atoms in total. The van der Waals surface area contributed by atoms with Crippen molar-refractivity contribution >= 4 is 23.0 Å². The van der Waals surface area contributed by atoms with E-state index in [4.69, 9.17) is 5.26 Å². The van der Waals surface area contributed by atoms with Gasteiger partial charge < -0.3 is 15.3 Å². The van der Waals surface area contributed by atoms with Crippen molar-refractivity contribution in [3.8, 4) is 6.07 Å². The number of hydrogen-bond acceptors (Lipinski definition) is 4. The minimum atomic E-state index is -4.79. The average molecular weight is 457 g/mol. The summed E-state index contributed by atoms with van der Waals surface area (Å²) < 4.78 is 53.0. The van der Waals surface area contributed by atoms with Crippen molar-refractivity contribution in [2.75, 3.05) is 16.8 Å². The van der Waals surface area contributed by atoms with Gasteiger partial charge in [-0.3, -0.25) is 4.79 Å². The van der Waals surface area contributed by atoms with Crippen molar-refractivity contribution in [3.05, 3.63) is 89.7 Å². The summed E-state index contributed by atoms with van der Waals surface area (Å²) in [5, 5.41) is 22.1. The Labute approximate surface area is 187 Å². The third-order valence-corrected chi connectivity index (χ3v) is 4.86. The SMILES string of the molecule is C[C@](O)(CN(c1ccccc1)c1ccc(F)cc1)C(=O)Nc1ccc(C#N)c(C(F)(F)F)c1. The number of hydrogen-bond donors (Lipinski definition) is 2. The number of nitrogens with one attached hydrogen (secondary N) is 1. The molecule has 0 aliphatic rings. The van der Waals surface area contributed by atoms with E-state index in [-0.39, 0.29) is 12.2 Å². The summed E-state index contributed by atoms with van der Waals surface area (Å²) in [6.45, 7) is 0.938. The highest BCUT2D eigenvalue weighted by Crippen LogP contribution is 2.34. The molecule has 0 saturated heterocycles. The highest BCUT2D eigenvalue weighted by atomic mass is 19.4. The van der Waals surface area contributed by atoms with Crippen LogP contribution in [0, 0.1) is 17.1 Å². The smallest absolute Gasteiger partial charge is 0.378 e. The molecule has 3 aromatic carbocycles. The topological polar surface area (TPSA) is 76.4 Å². The Balaban J connectivity index is 1.88. The van der Waals surface area contributed by atoms with Crippen molar-refractivity contribution in [3.63, 3.8) is 0 Å². The van der Waals surface area contributed by atoms with Crippen LogP contribution in [0.15, 0.2) is 72.8 Å². The molecule has 0 saturated carbocycles. The molecule has 0 aliphatic carbocycles. The summed E-state index contributed by atoms with van der Waals surface area (Å²) in [5.74, 6) is -1.42. The fraction of sp³-hybridized carbons (Fsp3) is 0.167. The standard InChI is InChI=1S/C24H19F4N3O2/c1-23(33,22(32)30-18-10-7-16(14-29)21(13-18)24(26,27)28)15-31(19-5-3-2-4-6-19)20-11-8-17(25)9-12-20/h2-13,33H,15H2,1H3,(H,30,32)/t23-/m0/s1. The minimum Gasteiger partial charge on any atom is -0.378 e. The Morgan fingerprint density at radius 1 is 1.03 bits per heavy atom. The first-order valence-electron chi connectivity index (χ1n) is 9.74. The van der Waals surface area contributed by atoms with Gasteiger partial charge >= 0.3 is 6.18 Å². The lowest BCUT2D eigenvalue weighted by molar-refractivity contribution is -0.138. The number of carbonyl (C=O) groups excluding carboxylic acids is 1. The molecule has 1 amide bonds. The van der Waals surface area contributed by atoms with Crippen LogP contribution in [0.4, 0.5) is 34.6 Å². The molecule has 1 atom stereocenters. The predicted octanol–water partition coefficient (Wildman–Crippen LogP) is 5.24. The van der Waals surface area contributed by atoms with Crippen molar-refractivity contribution < 1.29 is 27.5 Å². The molecule has 0 heterocycles. The number of amides is 1. The molecule has 2 N–H and O–H groups in total. The van der Waals surface area contributed by atoms with Gasteiger partial charge in [-0.25, -0.2) is 4.39 Å². The Hall–Kier alpha value is -3.90. The third-order valence-electron chi connectivity index (χ3n) is 4.86. The van der Waals surface area contributed by atoms with Crippen LogP contribution in [0.2, 0.25) is 0 Å². The zero-order valence-corrected chi connectivity index (χ0v) is 17.4. The van der Waals surface area contributed by atoms with Gasteiger partial charge in [-0.05, 0) is 61.5 Å². The largest absolute Gasteiger partial charge is 0.417 e. The van der Waals surface area contributed by atoms with Gasteiger partial charge in [-0.15, -0.1) is 0 Å². The van der Waals surface area contributed by atoms with Crippen molar-refractivity contribution in [2.24, 2.45) is 0 Å². The van der Waals surface area contributed by atoms with E-state index in [1.54, 1.807) is 35.2 Å². The fourth-order valence-corrected chi connectivity index (χ4v) is 3.16. The lowest BCUT2D eigenvalue weighted by atomic mass is 10.0. The van der Waals surface area contributed by atoms with Crippen LogP contribution in [0.5, 0.6) is 0 Å². The van der Waals surface area contributed by atoms with Gasteiger partial charge in [0.2, 0.25) is 0 Å². The van der Waals surface area contributed by atoms with Gasteiger partial charge in [-0.2, -0.15) is 18.4 Å². The van der Waals surface area contributed by atoms with E-state index in [0.29, 0.717) is 17.4 Å². The number of carbonyl (C=O) groups is 1. The van der Waals surface area contributed by atoms with Gasteiger partial charge in [0.1, 0.15) is 5.82 Å². The Morgan fingerprint density at radius 3 is 2.21 bits per heavy atom. The van der Waals surface area contributed by atoms with Gasteiger partial charge in [0, 0.05) is 17.1 Å². The molecule has 33 heavy (non-hydrogen) atoms. The monoisotopic (exact) mass is 457 g/mol. The van der Waals surface area contributed by atoms with E-state index in [0.717, 1.165) is 12.1 Å². The number of aliphatic hydroxyl groups is 1. The lowest BCUT2D eigenvalue weighted by Crippen LogP contribution is -2.48. The highest BCUT2D eigenvalue weighted by Gasteiger charge is 2.36. The molecule has 0 fully saturated rings. The van der Waals surface area contributed by atoms with E-state index in [1.165, 1.54) is 37.3 Å². The number of para-hydroxylation sites is 1. The van der Waals surface area contributed by atoms with Crippen LogP contribution in [-0.2, 0) is 11.0 Å². The van der Waals surface area contributed by atoms with Crippen molar-refractivity contribution in [1.29, 1.82) is 5.26 Å². The van der Waals surface area contributed by atoms with E-state index in [9.17, 15) is 27.5 Å². The molecule has 3 aromatic rings. The average Bonchev–Trinajstić information content (AvgIpc) is 2.78. The number of nitrogens with zero attached hydrogens (tertiary/aromatic N) is 2. The summed E-state index contributed by atoms with van der Waals surface area (Å²) in [5.41, 5.74) is -2.96. The van der Waals surface area contributed by atoms with Crippen LogP contribution < -0.4 is 10.2 Å². The van der Waals surface area contributed by atoms with Gasteiger partial charge in [0.05, 0.1) is 23.7 Å². The molecular formula is C24H19F4N3O2. The summed E-state index contributed by atoms with van der Waals surface area (Å²) in [7, 11) is 0. The maximum atomic E-state index is 13.4. The van der Waals surface area contributed by atoms with E-state index >= 15 is 0 Å². The molecule has 170 valence electrons. The molecule has 9 heteroatoms. The fourth-order valence-electron chi connectivity index (χ4n) is 3.16. The number of benzene rings is 3. The quantitative estimate of drug-likeness (QED) is 0.496. The molecule has 0 aromatic heterocycles. The maximum absolute atomic E-state index is 13.4. The summed E-state index contributed by atoms with van der Waals surface area (Å²) in [6, 6.07) is 18.4. The zero-order valence-electron chi connectivity index (χ0n) is 17.4. The van der Waals surface area contributed by atoms with Gasteiger partial charge in [0.15, 0.2) is 5.60 Å². The van der Waals surface area contributed by atoms with Crippen LogP contribution in [0.1, 0.15) is 18.1 Å². The molecular weight excluding hydrogens is 438 g/mol. The molecule has 0 aliphatic heterocycles. The molecule has 0 bridgehead atoms. The second-order valence-corrected chi connectivity index (χ2v) is 7.50. The first-order chi connectivity index (χ1) is 15.5. The first kappa shape index (κ1) is 23.8. The van der Waals surface area contributed by atoms with Gasteiger partial charge in [-0.1, -0.05) is 18.2 Å². The summed E-state index contributed by atoms with van der Waals surface area (Å²) in [6.07, 6.45) is -4.79. The minimum absolute atomic E-state index is 0.223.